The van der Waals surface area contributed by atoms with Gasteiger partial charge in [-0.1, -0.05) is 13.8 Å². The second kappa shape index (κ2) is 12.7. The fourth-order valence-electron chi connectivity index (χ4n) is 4.84. The molecular weight excluding hydrogens is 504 g/mol. The molecule has 0 unspecified atom stereocenters. The molecule has 0 aliphatic carbocycles. The minimum atomic E-state index is -0.551. The van der Waals surface area contributed by atoms with Crippen LogP contribution in [-0.2, 0) is 6.61 Å². The second-order valence-corrected chi connectivity index (χ2v) is 9.83. The highest BCUT2D eigenvalue weighted by molar-refractivity contribution is 5.98. The third-order valence-corrected chi connectivity index (χ3v) is 6.75. The summed E-state index contributed by atoms with van der Waals surface area (Å²) in [6.45, 7) is 10.1. The van der Waals surface area contributed by atoms with Crippen molar-refractivity contribution in [3.05, 3.63) is 89.3 Å². The van der Waals surface area contributed by atoms with Crippen LogP contribution in [0.3, 0.4) is 0 Å². The maximum atomic E-state index is 12.3. The summed E-state index contributed by atoms with van der Waals surface area (Å²) in [7, 11) is 2.09. The Balaban J connectivity index is 0.00000181. The number of likely N-dealkylation sites (tertiary alicyclic amines) is 1. The summed E-state index contributed by atoms with van der Waals surface area (Å²) in [5.74, 6) is 2.44. The minimum absolute atomic E-state index is 0.276. The number of aryl methyl sites for hydroxylation is 2. The standard InChI is InChI=1S/C29H32N6O3.C2H6/c1-18-10-24(37-17-20-13-32-19(2)33-14-20)12-25(11-18)38-23-6-4-22(5-7-23)35-16-26(21-8-9-34(3)15-21)27(30)28(35)29(31)36;1-2/h4-7,10-14,16,21H,8-9,15,17,30H2,1-3H3,(H2,31,36);1-2H3/t21-;/m1./s1. The number of amides is 1. The number of nitrogens with zero attached hydrogens (tertiary/aromatic N) is 4. The van der Waals surface area contributed by atoms with Gasteiger partial charge in [0.2, 0.25) is 0 Å². The molecule has 1 amide bonds. The third kappa shape index (κ3) is 6.60. The van der Waals surface area contributed by atoms with Crippen molar-refractivity contribution in [1.82, 2.24) is 19.4 Å². The van der Waals surface area contributed by atoms with Gasteiger partial charge in [-0.15, -0.1) is 0 Å². The fraction of sp³-hybridized carbons (Fsp3) is 0.323. The van der Waals surface area contributed by atoms with E-state index in [1.54, 1.807) is 17.0 Å². The van der Waals surface area contributed by atoms with Gasteiger partial charge in [-0.05, 0) is 81.4 Å². The number of hydrogen-bond acceptors (Lipinski definition) is 7. The zero-order valence-electron chi connectivity index (χ0n) is 23.8. The molecule has 0 saturated carbocycles. The average molecular weight is 543 g/mol. The van der Waals surface area contributed by atoms with Gasteiger partial charge in [0, 0.05) is 48.4 Å². The van der Waals surface area contributed by atoms with E-state index >= 15 is 0 Å². The number of primary amides is 1. The number of nitrogen functional groups attached to an aromatic ring is 1. The molecule has 4 N–H and O–H groups in total. The molecule has 40 heavy (non-hydrogen) atoms. The summed E-state index contributed by atoms with van der Waals surface area (Å²) in [5, 5.41) is 0. The molecular formula is C31H38N6O3. The highest BCUT2D eigenvalue weighted by atomic mass is 16.5. The van der Waals surface area contributed by atoms with Crippen LogP contribution in [0.5, 0.6) is 17.2 Å². The van der Waals surface area contributed by atoms with Gasteiger partial charge >= 0.3 is 0 Å². The van der Waals surface area contributed by atoms with Crippen molar-refractivity contribution in [1.29, 1.82) is 0 Å². The topological polar surface area (TPSA) is 122 Å². The Morgan fingerprint density at radius 2 is 1.70 bits per heavy atom. The molecule has 9 nitrogen and oxygen atoms in total. The summed E-state index contributed by atoms with van der Waals surface area (Å²) in [6.07, 6.45) is 6.46. The average Bonchev–Trinajstić information content (AvgIpc) is 3.52. The predicted molar refractivity (Wildman–Crippen MR) is 157 cm³/mol. The van der Waals surface area contributed by atoms with E-state index in [1.165, 1.54) is 0 Å². The largest absolute Gasteiger partial charge is 0.489 e. The van der Waals surface area contributed by atoms with Gasteiger partial charge < -0.3 is 30.4 Å². The Kier molecular flexibility index (Phi) is 9.06. The van der Waals surface area contributed by atoms with Crippen molar-refractivity contribution in [2.24, 2.45) is 5.73 Å². The Morgan fingerprint density at radius 1 is 1.02 bits per heavy atom. The van der Waals surface area contributed by atoms with E-state index in [9.17, 15) is 4.79 Å². The quantitative estimate of drug-likeness (QED) is 0.306. The zero-order chi connectivity index (χ0) is 28.8. The molecule has 0 spiro atoms. The first-order valence-corrected chi connectivity index (χ1v) is 13.6. The first-order valence-electron chi connectivity index (χ1n) is 13.6. The lowest BCUT2D eigenvalue weighted by Crippen LogP contribution is -2.17. The maximum absolute atomic E-state index is 12.3. The van der Waals surface area contributed by atoms with Crippen molar-refractivity contribution in [3.8, 4) is 22.9 Å². The lowest BCUT2D eigenvalue weighted by Gasteiger charge is -2.12. The van der Waals surface area contributed by atoms with Crippen LogP contribution >= 0.6 is 0 Å². The molecule has 4 aromatic rings. The minimum Gasteiger partial charge on any atom is -0.489 e. The second-order valence-electron chi connectivity index (χ2n) is 9.83. The number of aromatic nitrogens is 3. The van der Waals surface area contributed by atoms with Crippen LogP contribution in [-0.4, -0.2) is 45.5 Å². The van der Waals surface area contributed by atoms with Crippen LogP contribution in [0.2, 0.25) is 0 Å². The number of benzene rings is 2. The van der Waals surface area contributed by atoms with Crippen LogP contribution in [0.15, 0.2) is 61.1 Å². The van der Waals surface area contributed by atoms with Crippen LogP contribution in [0.25, 0.3) is 5.69 Å². The Hall–Kier alpha value is -4.37. The van der Waals surface area contributed by atoms with Gasteiger partial charge in [0.05, 0.1) is 5.69 Å². The third-order valence-electron chi connectivity index (χ3n) is 6.75. The molecule has 1 aliphatic rings. The lowest BCUT2D eigenvalue weighted by molar-refractivity contribution is 0.0995. The predicted octanol–water partition coefficient (Wildman–Crippen LogP) is 5.38. The van der Waals surface area contributed by atoms with Gasteiger partial charge in [-0.2, -0.15) is 0 Å². The van der Waals surface area contributed by atoms with Crippen LogP contribution in [0, 0.1) is 13.8 Å². The van der Waals surface area contributed by atoms with E-state index in [0.717, 1.165) is 47.7 Å². The highest BCUT2D eigenvalue weighted by Gasteiger charge is 2.28. The van der Waals surface area contributed by atoms with Gasteiger partial charge in [0.15, 0.2) is 0 Å². The van der Waals surface area contributed by atoms with Gasteiger partial charge in [-0.3, -0.25) is 4.79 Å². The molecule has 1 aliphatic heterocycles. The van der Waals surface area contributed by atoms with E-state index in [0.29, 0.717) is 35.2 Å². The smallest absolute Gasteiger partial charge is 0.267 e. The number of ether oxygens (including phenoxy) is 2. The first kappa shape index (κ1) is 28.6. The van der Waals surface area contributed by atoms with Crippen LogP contribution in [0.4, 0.5) is 5.69 Å². The van der Waals surface area contributed by atoms with Gasteiger partial charge in [0.1, 0.15) is 35.4 Å². The monoisotopic (exact) mass is 542 g/mol. The van der Waals surface area contributed by atoms with Crippen molar-refractivity contribution >= 4 is 11.6 Å². The van der Waals surface area contributed by atoms with E-state index in [2.05, 4.69) is 21.9 Å². The number of likely N-dealkylation sites (N-methyl/N-ethyl adjacent to an activating group) is 1. The normalized spacial score (nSPS) is 14.9. The van der Waals surface area contributed by atoms with Crippen LogP contribution in [0.1, 0.15) is 59.2 Å². The number of anilines is 1. The number of nitrogens with two attached hydrogens (primary N) is 2. The molecule has 2 aromatic heterocycles. The number of hydrogen-bond donors (Lipinski definition) is 2. The van der Waals surface area contributed by atoms with Crippen molar-refractivity contribution < 1.29 is 14.3 Å². The molecule has 5 rings (SSSR count). The summed E-state index contributed by atoms with van der Waals surface area (Å²) in [4.78, 5) is 23.0. The molecule has 0 bridgehead atoms. The molecule has 2 aromatic carbocycles. The molecule has 1 fully saturated rings. The highest BCUT2D eigenvalue weighted by Crippen LogP contribution is 2.35. The number of carbonyl (C=O) groups excluding carboxylic acids is 1. The molecule has 1 saturated heterocycles. The number of carbonyl (C=O) groups is 1. The van der Waals surface area contributed by atoms with Gasteiger partial charge in [0.25, 0.3) is 5.91 Å². The molecule has 9 heteroatoms. The van der Waals surface area contributed by atoms with E-state index in [-0.39, 0.29) is 5.92 Å². The van der Waals surface area contributed by atoms with Crippen molar-refractivity contribution in [2.45, 2.75) is 46.6 Å². The molecule has 210 valence electrons. The van der Waals surface area contributed by atoms with Crippen LogP contribution < -0.4 is 20.9 Å². The summed E-state index contributed by atoms with van der Waals surface area (Å²) >= 11 is 0. The Morgan fingerprint density at radius 3 is 2.33 bits per heavy atom. The van der Waals surface area contributed by atoms with Gasteiger partial charge in [-0.25, -0.2) is 9.97 Å². The first-order chi connectivity index (χ1) is 19.3. The zero-order valence-corrected chi connectivity index (χ0v) is 23.8. The molecule has 1 atom stereocenters. The summed E-state index contributed by atoms with van der Waals surface area (Å²) < 4.78 is 13.8. The number of rotatable bonds is 8. The maximum Gasteiger partial charge on any atom is 0.267 e. The molecule has 3 heterocycles. The van der Waals surface area contributed by atoms with E-state index < -0.39 is 5.91 Å². The van der Waals surface area contributed by atoms with E-state index in [1.807, 2.05) is 76.4 Å². The summed E-state index contributed by atoms with van der Waals surface area (Å²) in [6, 6.07) is 13.2. The lowest BCUT2D eigenvalue weighted by atomic mass is 9.99. The Labute approximate surface area is 235 Å². The van der Waals surface area contributed by atoms with E-state index in [4.69, 9.17) is 20.9 Å². The molecule has 0 radical (unpaired) electrons. The summed E-state index contributed by atoms with van der Waals surface area (Å²) in [5.41, 5.74) is 16.6. The SMILES string of the molecule is CC.Cc1cc(OCc2cnc(C)nc2)cc(Oc2ccc(-n3cc([C@@H]4CCN(C)C4)c(N)c3C(N)=O)cc2)c1. The Bertz CT molecular complexity index is 1450. The van der Waals surface area contributed by atoms with Crippen molar-refractivity contribution in [3.63, 3.8) is 0 Å². The van der Waals surface area contributed by atoms with Crippen molar-refractivity contribution in [2.75, 3.05) is 25.9 Å². The fourth-order valence-corrected chi connectivity index (χ4v) is 4.84.